The zero-order valence-corrected chi connectivity index (χ0v) is 12.8. The van der Waals surface area contributed by atoms with Crippen LogP contribution < -0.4 is 10.1 Å². The highest BCUT2D eigenvalue weighted by Crippen LogP contribution is 2.37. The molecule has 0 saturated carbocycles. The van der Waals surface area contributed by atoms with Crippen LogP contribution in [0.1, 0.15) is 42.9 Å². The van der Waals surface area contributed by atoms with Crippen LogP contribution in [0.3, 0.4) is 0 Å². The molecular weight excluding hydrogens is 258 g/mol. The molecule has 2 nitrogen and oxygen atoms in total. The minimum absolute atomic E-state index is 0.271. The van der Waals surface area contributed by atoms with E-state index in [0.29, 0.717) is 12.0 Å². The highest BCUT2D eigenvalue weighted by Gasteiger charge is 2.28. The summed E-state index contributed by atoms with van der Waals surface area (Å²) in [5.74, 6) is 1.55. The first-order valence-electron chi connectivity index (χ1n) is 7.75. The molecule has 0 saturated heterocycles. The van der Waals surface area contributed by atoms with E-state index in [1.54, 1.807) is 0 Å². The Kier molecular flexibility index (Phi) is 4.26. The maximum Gasteiger partial charge on any atom is 0.124 e. The second-order valence-electron chi connectivity index (χ2n) is 5.90. The zero-order chi connectivity index (χ0) is 14.7. The SMILES string of the molecule is CNC1CC(CC(C)c2ccccc2)Oc2ccccc21. The van der Waals surface area contributed by atoms with E-state index in [2.05, 4.69) is 66.8 Å². The van der Waals surface area contributed by atoms with Crippen LogP contribution in [-0.4, -0.2) is 13.2 Å². The van der Waals surface area contributed by atoms with E-state index >= 15 is 0 Å². The number of para-hydroxylation sites is 1. The number of fused-ring (bicyclic) bond motifs is 1. The molecule has 0 aromatic heterocycles. The molecule has 0 radical (unpaired) electrons. The summed E-state index contributed by atoms with van der Waals surface area (Å²) in [6.07, 6.45) is 2.36. The van der Waals surface area contributed by atoms with Gasteiger partial charge >= 0.3 is 0 Å². The molecule has 1 aliphatic heterocycles. The standard InChI is InChI=1S/C19H23NO/c1-14(15-8-4-3-5-9-15)12-16-13-18(20-2)17-10-6-7-11-19(17)21-16/h3-11,14,16,18,20H,12-13H2,1-2H3. The summed E-state index contributed by atoms with van der Waals surface area (Å²) in [5.41, 5.74) is 2.67. The summed E-state index contributed by atoms with van der Waals surface area (Å²) in [5, 5.41) is 3.42. The largest absolute Gasteiger partial charge is 0.490 e. The van der Waals surface area contributed by atoms with Crippen molar-refractivity contribution >= 4 is 0 Å². The van der Waals surface area contributed by atoms with Gasteiger partial charge < -0.3 is 10.1 Å². The lowest BCUT2D eigenvalue weighted by atomic mass is 9.89. The van der Waals surface area contributed by atoms with Crippen molar-refractivity contribution in [3.8, 4) is 5.75 Å². The lowest BCUT2D eigenvalue weighted by Gasteiger charge is -2.33. The number of hydrogen-bond acceptors (Lipinski definition) is 2. The maximum atomic E-state index is 6.22. The Balaban J connectivity index is 1.73. The van der Waals surface area contributed by atoms with Crippen molar-refractivity contribution < 1.29 is 4.74 Å². The van der Waals surface area contributed by atoms with Gasteiger partial charge in [-0.1, -0.05) is 55.5 Å². The molecule has 3 atom stereocenters. The lowest BCUT2D eigenvalue weighted by Crippen LogP contribution is -2.32. The van der Waals surface area contributed by atoms with E-state index in [4.69, 9.17) is 4.74 Å². The minimum Gasteiger partial charge on any atom is -0.490 e. The second kappa shape index (κ2) is 6.31. The summed E-state index contributed by atoms with van der Waals surface area (Å²) in [6, 6.07) is 19.5. The zero-order valence-electron chi connectivity index (χ0n) is 12.8. The van der Waals surface area contributed by atoms with E-state index in [1.807, 2.05) is 7.05 Å². The molecule has 3 rings (SSSR count). The molecule has 3 unspecified atom stereocenters. The lowest BCUT2D eigenvalue weighted by molar-refractivity contribution is 0.137. The van der Waals surface area contributed by atoms with E-state index < -0.39 is 0 Å². The van der Waals surface area contributed by atoms with Crippen LogP contribution in [0.5, 0.6) is 5.75 Å². The first-order valence-corrected chi connectivity index (χ1v) is 7.75. The molecule has 0 amide bonds. The third kappa shape index (κ3) is 3.11. The van der Waals surface area contributed by atoms with E-state index in [0.717, 1.165) is 18.6 Å². The highest BCUT2D eigenvalue weighted by atomic mass is 16.5. The average Bonchev–Trinajstić information content (AvgIpc) is 2.55. The molecule has 1 heterocycles. The summed E-state index contributed by atoms with van der Waals surface area (Å²) in [7, 11) is 2.03. The van der Waals surface area contributed by atoms with Crippen molar-refractivity contribution in [2.75, 3.05) is 7.05 Å². The minimum atomic E-state index is 0.271. The number of nitrogens with one attached hydrogen (secondary N) is 1. The molecule has 1 N–H and O–H groups in total. The van der Waals surface area contributed by atoms with Gasteiger partial charge in [-0.3, -0.25) is 0 Å². The monoisotopic (exact) mass is 281 g/mol. The Morgan fingerprint density at radius 2 is 1.81 bits per heavy atom. The fourth-order valence-corrected chi connectivity index (χ4v) is 3.22. The van der Waals surface area contributed by atoms with Gasteiger partial charge in [-0.15, -0.1) is 0 Å². The van der Waals surface area contributed by atoms with Crippen molar-refractivity contribution in [2.24, 2.45) is 0 Å². The third-order valence-corrected chi connectivity index (χ3v) is 4.42. The first kappa shape index (κ1) is 14.2. The van der Waals surface area contributed by atoms with E-state index in [-0.39, 0.29) is 6.10 Å². The Morgan fingerprint density at radius 3 is 2.57 bits per heavy atom. The van der Waals surface area contributed by atoms with Gasteiger partial charge in [0.25, 0.3) is 0 Å². The highest BCUT2D eigenvalue weighted by molar-refractivity contribution is 5.38. The predicted octanol–water partition coefficient (Wildman–Crippen LogP) is 4.29. The second-order valence-corrected chi connectivity index (χ2v) is 5.90. The Bertz CT molecular complexity index is 581. The molecule has 0 aliphatic carbocycles. The number of benzene rings is 2. The quantitative estimate of drug-likeness (QED) is 0.902. The van der Waals surface area contributed by atoms with Gasteiger partial charge in [-0.25, -0.2) is 0 Å². The van der Waals surface area contributed by atoms with Crippen molar-refractivity contribution in [1.29, 1.82) is 0 Å². The molecule has 2 heteroatoms. The molecule has 1 aliphatic rings. The Labute approximate surface area is 127 Å². The topological polar surface area (TPSA) is 21.3 Å². The molecule has 110 valence electrons. The van der Waals surface area contributed by atoms with Crippen molar-refractivity contribution in [3.63, 3.8) is 0 Å². The average molecular weight is 281 g/mol. The van der Waals surface area contributed by atoms with Gasteiger partial charge in [0.1, 0.15) is 11.9 Å². The molecule has 2 aromatic carbocycles. The molecule has 2 aromatic rings. The molecular formula is C19H23NO. The Morgan fingerprint density at radius 1 is 1.10 bits per heavy atom. The van der Waals surface area contributed by atoms with Crippen LogP contribution in [0.2, 0.25) is 0 Å². The van der Waals surface area contributed by atoms with Crippen LogP contribution in [0.15, 0.2) is 54.6 Å². The van der Waals surface area contributed by atoms with Crippen molar-refractivity contribution in [1.82, 2.24) is 5.32 Å². The van der Waals surface area contributed by atoms with E-state index in [9.17, 15) is 0 Å². The van der Waals surface area contributed by atoms with Gasteiger partial charge in [-0.2, -0.15) is 0 Å². The number of ether oxygens (including phenoxy) is 1. The maximum absolute atomic E-state index is 6.22. The molecule has 0 bridgehead atoms. The first-order chi connectivity index (χ1) is 10.3. The fourth-order valence-electron chi connectivity index (χ4n) is 3.22. The van der Waals surface area contributed by atoms with Crippen LogP contribution >= 0.6 is 0 Å². The van der Waals surface area contributed by atoms with Gasteiger partial charge in [-0.05, 0) is 31.0 Å². The summed E-state index contributed by atoms with van der Waals surface area (Å²) < 4.78 is 6.22. The van der Waals surface area contributed by atoms with Crippen LogP contribution in [-0.2, 0) is 0 Å². The summed E-state index contributed by atoms with van der Waals surface area (Å²) in [6.45, 7) is 2.29. The number of rotatable bonds is 4. The molecule has 0 spiro atoms. The third-order valence-electron chi connectivity index (χ3n) is 4.42. The van der Waals surface area contributed by atoms with Crippen LogP contribution in [0.4, 0.5) is 0 Å². The van der Waals surface area contributed by atoms with Gasteiger partial charge in [0, 0.05) is 18.0 Å². The molecule has 0 fully saturated rings. The smallest absolute Gasteiger partial charge is 0.124 e. The van der Waals surface area contributed by atoms with Crippen molar-refractivity contribution in [3.05, 3.63) is 65.7 Å². The Hall–Kier alpha value is -1.80. The summed E-state index contributed by atoms with van der Waals surface area (Å²) >= 11 is 0. The van der Waals surface area contributed by atoms with E-state index in [1.165, 1.54) is 11.1 Å². The van der Waals surface area contributed by atoms with Gasteiger partial charge in [0.05, 0.1) is 0 Å². The van der Waals surface area contributed by atoms with Crippen LogP contribution in [0, 0.1) is 0 Å². The van der Waals surface area contributed by atoms with Crippen molar-refractivity contribution in [2.45, 2.75) is 37.8 Å². The summed E-state index contributed by atoms with van der Waals surface area (Å²) in [4.78, 5) is 0. The van der Waals surface area contributed by atoms with Gasteiger partial charge in [0.2, 0.25) is 0 Å². The predicted molar refractivity (Wildman–Crippen MR) is 86.7 cm³/mol. The number of hydrogen-bond donors (Lipinski definition) is 1. The fraction of sp³-hybridized carbons (Fsp3) is 0.368. The van der Waals surface area contributed by atoms with Gasteiger partial charge in [0.15, 0.2) is 0 Å². The van der Waals surface area contributed by atoms with Crippen LogP contribution in [0.25, 0.3) is 0 Å². The normalized spacial score (nSPS) is 22.2. The molecule has 21 heavy (non-hydrogen) atoms.